The lowest BCUT2D eigenvalue weighted by Gasteiger charge is -2.11. The van der Waals surface area contributed by atoms with Gasteiger partial charge in [-0.2, -0.15) is 0 Å². The highest BCUT2D eigenvalue weighted by atomic mass is 16.1. The number of nitrogens with one attached hydrogen (secondary N) is 2. The average Bonchev–Trinajstić information content (AvgIpc) is 2.29. The van der Waals surface area contributed by atoms with E-state index in [0.29, 0.717) is 18.4 Å². The lowest BCUT2D eigenvalue weighted by atomic mass is 10.2. The van der Waals surface area contributed by atoms with E-state index in [2.05, 4.69) is 29.5 Å². The Kier molecular flexibility index (Phi) is 4.92. The molecular formula is C12H19N3O. The Hall–Kier alpha value is -1.42. The maximum absolute atomic E-state index is 11.6. The van der Waals surface area contributed by atoms with E-state index in [1.54, 1.807) is 6.20 Å². The lowest BCUT2D eigenvalue weighted by molar-refractivity contribution is -0.115. The molecule has 0 saturated carbocycles. The molecule has 0 fully saturated rings. The van der Waals surface area contributed by atoms with Crippen molar-refractivity contribution in [2.24, 2.45) is 0 Å². The van der Waals surface area contributed by atoms with Gasteiger partial charge in [-0.25, -0.2) is 4.98 Å². The average molecular weight is 221 g/mol. The highest BCUT2D eigenvalue weighted by molar-refractivity contribution is 5.91. The van der Waals surface area contributed by atoms with Crippen LogP contribution in [0.3, 0.4) is 0 Å². The van der Waals surface area contributed by atoms with Gasteiger partial charge in [0.05, 0.1) is 6.54 Å². The van der Waals surface area contributed by atoms with Crippen molar-refractivity contribution in [3.63, 3.8) is 0 Å². The van der Waals surface area contributed by atoms with E-state index in [0.717, 1.165) is 12.0 Å². The van der Waals surface area contributed by atoms with E-state index in [-0.39, 0.29) is 5.91 Å². The van der Waals surface area contributed by atoms with Crippen molar-refractivity contribution < 1.29 is 4.79 Å². The molecule has 1 unspecified atom stereocenters. The number of anilines is 1. The number of aromatic nitrogens is 1. The summed E-state index contributed by atoms with van der Waals surface area (Å²) in [5, 5.41) is 5.91. The summed E-state index contributed by atoms with van der Waals surface area (Å²) in [4.78, 5) is 15.7. The Labute approximate surface area is 96.5 Å². The molecular weight excluding hydrogens is 202 g/mol. The molecule has 16 heavy (non-hydrogen) atoms. The van der Waals surface area contributed by atoms with E-state index in [1.807, 2.05) is 19.1 Å². The van der Waals surface area contributed by atoms with Crippen LogP contribution in [-0.4, -0.2) is 23.5 Å². The Morgan fingerprint density at radius 2 is 2.31 bits per heavy atom. The Balaban J connectivity index is 2.43. The molecule has 2 N–H and O–H groups in total. The van der Waals surface area contributed by atoms with Crippen LogP contribution in [0.15, 0.2) is 18.3 Å². The van der Waals surface area contributed by atoms with Gasteiger partial charge in [0, 0.05) is 12.2 Å². The number of carbonyl (C=O) groups is 1. The number of carbonyl (C=O) groups excluding carboxylic acids is 1. The highest BCUT2D eigenvalue weighted by Crippen LogP contribution is 2.08. The van der Waals surface area contributed by atoms with Gasteiger partial charge in [-0.1, -0.05) is 13.0 Å². The van der Waals surface area contributed by atoms with Crippen LogP contribution in [0.2, 0.25) is 0 Å². The van der Waals surface area contributed by atoms with Crippen LogP contribution in [0.4, 0.5) is 5.82 Å². The maximum atomic E-state index is 11.6. The van der Waals surface area contributed by atoms with Gasteiger partial charge in [-0.05, 0) is 31.9 Å². The zero-order chi connectivity index (χ0) is 12.0. The molecule has 0 aliphatic rings. The second-order valence-corrected chi connectivity index (χ2v) is 3.91. The second-order valence-electron chi connectivity index (χ2n) is 3.91. The molecule has 0 radical (unpaired) electrons. The Morgan fingerprint density at radius 1 is 1.56 bits per heavy atom. The lowest BCUT2D eigenvalue weighted by Crippen LogP contribution is -2.34. The molecule has 4 nitrogen and oxygen atoms in total. The minimum atomic E-state index is -0.0536. The van der Waals surface area contributed by atoms with Gasteiger partial charge in [-0.3, -0.25) is 4.79 Å². The molecule has 1 aromatic rings. The fourth-order valence-corrected chi connectivity index (χ4v) is 1.20. The van der Waals surface area contributed by atoms with Crippen LogP contribution in [0.25, 0.3) is 0 Å². The fraction of sp³-hybridized carbons (Fsp3) is 0.500. The van der Waals surface area contributed by atoms with Crippen molar-refractivity contribution in [3.05, 3.63) is 23.9 Å². The fourth-order valence-electron chi connectivity index (χ4n) is 1.20. The van der Waals surface area contributed by atoms with E-state index >= 15 is 0 Å². The molecule has 0 aromatic carbocycles. The summed E-state index contributed by atoms with van der Waals surface area (Å²) < 4.78 is 0. The van der Waals surface area contributed by atoms with E-state index < -0.39 is 0 Å². The van der Waals surface area contributed by atoms with Gasteiger partial charge in [0.25, 0.3) is 0 Å². The van der Waals surface area contributed by atoms with E-state index in [9.17, 15) is 4.79 Å². The minimum absolute atomic E-state index is 0.0536. The van der Waals surface area contributed by atoms with Gasteiger partial charge in [0.15, 0.2) is 0 Å². The molecule has 1 rings (SSSR count). The van der Waals surface area contributed by atoms with Crippen LogP contribution in [0.1, 0.15) is 25.8 Å². The van der Waals surface area contributed by atoms with Gasteiger partial charge in [-0.15, -0.1) is 0 Å². The summed E-state index contributed by atoms with van der Waals surface area (Å²) in [5.74, 6) is 0.584. The number of amides is 1. The van der Waals surface area contributed by atoms with Crippen molar-refractivity contribution in [1.29, 1.82) is 0 Å². The standard InChI is InChI=1S/C12H19N3O/c1-4-10(3)14-8-11(16)15-12-9(2)6-5-7-13-12/h5-7,10,14H,4,8H2,1-3H3,(H,13,15,16). The highest BCUT2D eigenvalue weighted by Gasteiger charge is 2.06. The van der Waals surface area contributed by atoms with Crippen molar-refractivity contribution >= 4 is 11.7 Å². The van der Waals surface area contributed by atoms with Crippen molar-refractivity contribution in [2.45, 2.75) is 33.2 Å². The van der Waals surface area contributed by atoms with Crippen LogP contribution < -0.4 is 10.6 Å². The summed E-state index contributed by atoms with van der Waals surface area (Å²) in [7, 11) is 0. The third-order valence-corrected chi connectivity index (χ3v) is 2.49. The van der Waals surface area contributed by atoms with E-state index in [1.165, 1.54) is 0 Å². The number of nitrogens with zero attached hydrogens (tertiary/aromatic N) is 1. The van der Waals surface area contributed by atoms with Gasteiger partial charge >= 0.3 is 0 Å². The van der Waals surface area contributed by atoms with Gasteiger partial charge < -0.3 is 10.6 Å². The minimum Gasteiger partial charge on any atom is -0.309 e. The van der Waals surface area contributed by atoms with Crippen molar-refractivity contribution in [1.82, 2.24) is 10.3 Å². The number of rotatable bonds is 5. The molecule has 0 bridgehead atoms. The predicted molar refractivity (Wildman–Crippen MR) is 65.4 cm³/mol. The third-order valence-electron chi connectivity index (χ3n) is 2.49. The number of hydrogen-bond acceptors (Lipinski definition) is 3. The summed E-state index contributed by atoms with van der Waals surface area (Å²) >= 11 is 0. The van der Waals surface area contributed by atoms with Crippen molar-refractivity contribution in [3.8, 4) is 0 Å². The Morgan fingerprint density at radius 3 is 2.94 bits per heavy atom. The molecule has 4 heteroatoms. The maximum Gasteiger partial charge on any atom is 0.239 e. The molecule has 0 spiro atoms. The SMILES string of the molecule is CCC(C)NCC(=O)Nc1ncccc1C. The number of pyridine rings is 1. The quantitative estimate of drug-likeness (QED) is 0.796. The molecule has 0 aliphatic heterocycles. The molecule has 1 heterocycles. The van der Waals surface area contributed by atoms with Crippen LogP contribution in [-0.2, 0) is 4.79 Å². The summed E-state index contributed by atoms with van der Waals surface area (Å²) in [5.41, 5.74) is 0.972. The molecule has 1 aromatic heterocycles. The number of aryl methyl sites for hydroxylation is 1. The third kappa shape index (κ3) is 3.98. The summed E-state index contributed by atoms with van der Waals surface area (Å²) in [6, 6.07) is 4.13. The first-order chi connectivity index (χ1) is 7.63. The second kappa shape index (κ2) is 6.23. The monoisotopic (exact) mass is 221 g/mol. The summed E-state index contributed by atoms with van der Waals surface area (Å²) in [6.07, 6.45) is 2.68. The van der Waals surface area contributed by atoms with Crippen LogP contribution in [0, 0.1) is 6.92 Å². The topological polar surface area (TPSA) is 54.0 Å². The first-order valence-corrected chi connectivity index (χ1v) is 5.58. The first-order valence-electron chi connectivity index (χ1n) is 5.58. The molecule has 88 valence electrons. The van der Waals surface area contributed by atoms with Gasteiger partial charge in [0.2, 0.25) is 5.91 Å². The summed E-state index contributed by atoms with van der Waals surface area (Å²) in [6.45, 7) is 6.38. The van der Waals surface area contributed by atoms with Crippen LogP contribution >= 0.6 is 0 Å². The smallest absolute Gasteiger partial charge is 0.239 e. The first kappa shape index (κ1) is 12.6. The van der Waals surface area contributed by atoms with E-state index in [4.69, 9.17) is 0 Å². The number of hydrogen-bond donors (Lipinski definition) is 2. The van der Waals surface area contributed by atoms with Crippen molar-refractivity contribution in [2.75, 3.05) is 11.9 Å². The Bertz CT molecular complexity index is 352. The predicted octanol–water partition coefficient (Wildman–Crippen LogP) is 1.72. The zero-order valence-corrected chi connectivity index (χ0v) is 10.1. The molecule has 0 saturated heterocycles. The van der Waals surface area contributed by atoms with Crippen LogP contribution in [0.5, 0.6) is 0 Å². The normalized spacial score (nSPS) is 12.2. The largest absolute Gasteiger partial charge is 0.309 e. The zero-order valence-electron chi connectivity index (χ0n) is 10.1. The molecule has 1 atom stereocenters. The molecule has 0 aliphatic carbocycles. The van der Waals surface area contributed by atoms with Gasteiger partial charge in [0.1, 0.15) is 5.82 Å². The molecule has 1 amide bonds.